The lowest BCUT2D eigenvalue weighted by Crippen LogP contribution is -2.30. The summed E-state index contributed by atoms with van der Waals surface area (Å²) in [5.41, 5.74) is 4.38. The first-order chi connectivity index (χ1) is 4.72. The maximum absolute atomic E-state index is 10.7. The van der Waals surface area contributed by atoms with Crippen LogP contribution in [0.4, 0.5) is 4.79 Å². The minimum Gasteiger partial charge on any atom is -0.351 e. The largest absolute Gasteiger partial charge is 0.351 e. The van der Waals surface area contributed by atoms with E-state index in [9.17, 15) is 9.59 Å². The molecule has 1 aromatic rings. The highest BCUT2D eigenvalue weighted by atomic mass is 16.2. The summed E-state index contributed by atoms with van der Waals surface area (Å²) in [5, 5.41) is 0. The molecular formula is C6H5N2O2. The molecule has 51 valence electrons. The molecule has 0 aliphatic carbocycles. The molecule has 0 saturated heterocycles. The first-order valence-corrected chi connectivity index (χ1v) is 2.60. The third-order valence-corrected chi connectivity index (χ3v) is 1.00. The van der Waals surface area contributed by atoms with Gasteiger partial charge in [-0.25, -0.2) is 9.36 Å². The molecule has 0 aromatic carbocycles. The van der Waals surface area contributed by atoms with E-state index < -0.39 is 11.6 Å². The number of hydrogen-bond acceptors (Lipinski definition) is 2. The number of nitrogens with zero attached hydrogens (tertiary/aromatic N) is 1. The lowest BCUT2D eigenvalue weighted by atomic mass is 10.5. The summed E-state index contributed by atoms with van der Waals surface area (Å²) in [5.74, 6) is 0. The van der Waals surface area contributed by atoms with Gasteiger partial charge in [0.1, 0.15) is 0 Å². The van der Waals surface area contributed by atoms with Gasteiger partial charge in [-0.2, -0.15) is 0 Å². The second-order valence-corrected chi connectivity index (χ2v) is 1.68. The SMILES string of the molecule is NC(=O)n1c[c]ccc1=O. The van der Waals surface area contributed by atoms with Gasteiger partial charge in [-0.15, -0.1) is 0 Å². The number of carbonyl (C=O) groups excluding carboxylic acids is 1. The maximum atomic E-state index is 10.7. The summed E-state index contributed by atoms with van der Waals surface area (Å²) >= 11 is 0. The molecule has 1 heterocycles. The van der Waals surface area contributed by atoms with Crippen LogP contribution in [0.15, 0.2) is 23.1 Å². The van der Waals surface area contributed by atoms with Gasteiger partial charge in [0.2, 0.25) is 0 Å². The number of pyridine rings is 1. The summed E-state index contributed by atoms with van der Waals surface area (Å²) < 4.78 is 0.778. The third-order valence-electron chi connectivity index (χ3n) is 1.00. The number of primary amides is 1. The smallest absolute Gasteiger partial charge is 0.325 e. The Morgan fingerprint density at radius 3 is 2.80 bits per heavy atom. The second kappa shape index (κ2) is 2.34. The van der Waals surface area contributed by atoms with E-state index in [0.29, 0.717) is 0 Å². The number of rotatable bonds is 0. The Balaban J connectivity index is 3.29. The lowest BCUT2D eigenvalue weighted by molar-refractivity contribution is 0.249. The Morgan fingerprint density at radius 2 is 2.40 bits per heavy atom. The van der Waals surface area contributed by atoms with Crippen LogP contribution in [0.1, 0.15) is 0 Å². The first kappa shape index (κ1) is 6.54. The van der Waals surface area contributed by atoms with Crippen molar-refractivity contribution < 1.29 is 4.79 Å². The Hall–Kier alpha value is -1.58. The maximum Gasteiger partial charge on any atom is 0.325 e. The number of aromatic nitrogens is 1. The van der Waals surface area contributed by atoms with E-state index in [4.69, 9.17) is 5.73 Å². The van der Waals surface area contributed by atoms with Crippen molar-refractivity contribution in [1.29, 1.82) is 0 Å². The molecule has 1 amide bonds. The van der Waals surface area contributed by atoms with E-state index in [-0.39, 0.29) is 0 Å². The second-order valence-electron chi connectivity index (χ2n) is 1.68. The number of hydrogen-bond donors (Lipinski definition) is 1. The van der Waals surface area contributed by atoms with Gasteiger partial charge in [0.25, 0.3) is 5.56 Å². The van der Waals surface area contributed by atoms with Gasteiger partial charge < -0.3 is 5.73 Å². The summed E-state index contributed by atoms with van der Waals surface area (Å²) in [6, 6.07) is 4.39. The fourth-order valence-electron chi connectivity index (χ4n) is 0.553. The van der Waals surface area contributed by atoms with Gasteiger partial charge in [0.05, 0.1) is 0 Å². The fraction of sp³-hybridized carbons (Fsp3) is 0. The van der Waals surface area contributed by atoms with E-state index >= 15 is 0 Å². The molecule has 0 aliphatic rings. The summed E-state index contributed by atoms with van der Waals surface area (Å²) in [4.78, 5) is 21.1. The van der Waals surface area contributed by atoms with Gasteiger partial charge in [-0.1, -0.05) is 0 Å². The summed E-state index contributed by atoms with van der Waals surface area (Å²) in [6.07, 6.45) is 1.20. The first-order valence-electron chi connectivity index (χ1n) is 2.60. The lowest BCUT2D eigenvalue weighted by Gasteiger charge is -1.94. The van der Waals surface area contributed by atoms with Crippen LogP contribution in [-0.2, 0) is 0 Å². The average Bonchev–Trinajstić information content (AvgIpc) is 1.88. The van der Waals surface area contributed by atoms with Crippen molar-refractivity contribution in [2.24, 2.45) is 5.73 Å². The standard InChI is InChI=1S/C6H5N2O2/c7-6(10)8-4-2-1-3-5(8)9/h1,3-4H,(H2,7,10). The molecule has 4 nitrogen and oxygen atoms in total. The molecule has 10 heavy (non-hydrogen) atoms. The van der Waals surface area contributed by atoms with Crippen molar-refractivity contribution in [3.8, 4) is 0 Å². The molecule has 0 spiro atoms. The fourth-order valence-corrected chi connectivity index (χ4v) is 0.553. The van der Waals surface area contributed by atoms with Crippen LogP contribution in [0.25, 0.3) is 0 Å². The monoisotopic (exact) mass is 137 g/mol. The van der Waals surface area contributed by atoms with Crippen LogP contribution in [0.2, 0.25) is 0 Å². The number of amides is 1. The molecule has 0 saturated carbocycles. The molecule has 0 aliphatic heterocycles. The molecule has 0 fully saturated rings. The van der Waals surface area contributed by atoms with Crippen molar-refractivity contribution in [3.63, 3.8) is 0 Å². The van der Waals surface area contributed by atoms with Crippen molar-refractivity contribution in [2.45, 2.75) is 0 Å². The third kappa shape index (κ3) is 1.05. The number of nitrogens with two attached hydrogens (primary N) is 1. The summed E-state index contributed by atoms with van der Waals surface area (Å²) in [6.45, 7) is 0. The van der Waals surface area contributed by atoms with Crippen LogP contribution >= 0.6 is 0 Å². The molecule has 0 bridgehead atoms. The molecule has 0 unspecified atom stereocenters. The van der Waals surface area contributed by atoms with Crippen LogP contribution in [-0.4, -0.2) is 10.6 Å². The van der Waals surface area contributed by atoms with Gasteiger partial charge in [0.15, 0.2) is 0 Å². The highest BCUT2D eigenvalue weighted by molar-refractivity contribution is 5.74. The highest BCUT2D eigenvalue weighted by Gasteiger charge is 1.96. The molecule has 1 aromatic heterocycles. The summed E-state index contributed by atoms with van der Waals surface area (Å²) in [7, 11) is 0. The van der Waals surface area contributed by atoms with Crippen LogP contribution in [0.5, 0.6) is 0 Å². The average molecular weight is 137 g/mol. The predicted molar refractivity (Wildman–Crippen MR) is 34.5 cm³/mol. The molecule has 4 heteroatoms. The van der Waals surface area contributed by atoms with E-state index in [1.807, 2.05) is 0 Å². The van der Waals surface area contributed by atoms with Crippen LogP contribution in [0.3, 0.4) is 0 Å². The minimum atomic E-state index is -0.790. The van der Waals surface area contributed by atoms with Gasteiger partial charge in [-0.05, 0) is 6.07 Å². The Bertz CT molecular complexity index is 303. The Morgan fingerprint density at radius 1 is 1.70 bits per heavy atom. The van der Waals surface area contributed by atoms with Crippen molar-refractivity contribution in [3.05, 3.63) is 34.7 Å². The van der Waals surface area contributed by atoms with E-state index in [1.165, 1.54) is 18.3 Å². The van der Waals surface area contributed by atoms with Crippen LogP contribution in [0, 0.1) is 6.07 Å². The van der Waals surface area contributed by atoms with E-state index in [1.54, 1.807) is 0 Å². The highest BCUT2D eigenvalue weighted by Crippen LogP contribution is 1.76. The molecular weight excluding hydrogens is 132 g/mol. The number of carbonyl (C=O) groups is 1. The van der Waals surface area contributed by atoms with E-state index in [0.717, 1.165) is 4.57 Å². The van der Waals surface area contributed by atoms with E-state index in [2.05, 4.69) is 6.07 Å². The van der Waals surface area contributed by atoms with Crippen molar-refractivity contribution in [1.82, 2.24) is 4.57 Å². The van der Waals surface area contributed by atoms with Crippen LogP contribution < -0.4 is 11.3 Å². The predicted octanol–water partition coefficient (Wildman–Crippen LogP) is -0.425. The normalized spacial score (nSPS) is 9.20. The molecule has 1 rings (SSSR count). The Labute approximate surface area is 56.9 Å². The molecule has 2 N–H and O–H groups in total. The zero-order valence-electron chi connectivity index (χ0n) is 5.07. The topological polar surface area (TPSA) is 65.1 Å². The van der Waals surface area contributed by atoms with Gasteiger partial charge in [0, 0.05) is 18.3 Å². The quantitative estimate of drug-likeness (QED) is 0.527. The Kier molecular flexibility index (Phi) is 1.53. The minimum absolute atomic E-state index is 0.439. The van der Waals surface area contributed by atoms with Crippen molar-refractivity contribution in [2.75, 3.05) is 0 Å². The molecule has 1 radical (unpaired) electrons. The molecule has 0 atom stereocenters. The van der Waals surface area contributed by atoms with Gasteiger partial charge in [-0.3, -0.25) is 4.79 Å². The van der Waals surface area contributed by atoms with Crippen molar-refractivity contribution >= 4 is 6.03 Å². The van der Waals surface area contributed by atoms with Gasteiger partial charge >= 0.3 is 6.03 Å². The zero-order valence-corrected chi connectivity index (χ0v) is 5.07. The zero-order chi connectivity index (χ0) is 7.56.